The molecular formula is C13H19N3S. The highest BCUT2D eigenvalue weighted by Gasteiger charge is 2.06. The minimum atomic E-state index is 0.936. The number of aryl methyl sites for hydroxylation is 1. The summed E-state index contributed by atoms with van der Waals surface area (Å²) in [5, 5.41) is 10.1. The van der Waals surface area contributed by atoms with Gasteiger partial charge in [0.15, 0.2) is 0 Å². The van der Waals surface area contributed by atoms with Gasteiger partial charge in [0.05, 0.1) is 12.2 Å². The molecule has 0 aliphatic rings. The molecule has 2 aromatic heterocycles. The van der Waals surface area contributed by atoms with Crippen molar-refractivity contribution in [1.82, 2.24) is 15.1 Å². The summed E-state index contributed by atoms with van der Waals surface area (Å²) in [5.74, 6) is 0. The highest BCUT2D eigenvalue weighted by Crippen LogP contribution is 2.10. The summed E-state index contributed by atoms with van der Waals surface area (Å²) in [6, 6.07) is 4.25. The smallest absolute Gasteiger partial charge is 0.0625 e. The van der Waals surface area contributed by atoms with E-state index in [-0.39, 0.29) is 0 Å². The van der Waals surface area contributed by atoms with Gasteiger partial charge in [-0.25, -0.2) is 0 Å². The van der Waals surface area contributed by atoms with Gasteiger partial charge in [0.1, 0.15) is 0 Å². The fourth-order valence-corrected chi connectivity index (χ4v) is 2.49. The van der Waals surface area contributed by atoms with E-state index in [2.05, 4.69) is 53.4 Å². The van der Waals surface area contributed by atoms with Gasteiger partial charge >= 0.3 is 0 Å². The quantitative estimate of drug-likeness (QED) is 0.826. The van der Waals surface area contributed by atoms with Gasteiger partial charge in [-0.15, -0.1) is 11.3 Å². The molecule has 0 aliphatic heterocycles. The second kappa shape index (κ2) is 5.47. The molecule has 0 bridgehead atoms. The van der Waals surface area contributed by atoms with Gasteiger partial charge in [-0.05, 0) is 37.8 Å². The lowest BCUT2D eigenvalue weighted by Gasteiger charge is -2.05. The summed E-state index contributed by atoms with van der Waals surface area (Å²) in [4.78, 5) is 1.38. The molecule has 4 heteroatoms. The molecule has 17 heavy (non-hydrogen) atoms. The van der Waals surface area contributed by atoms with Crippen molar-refractivity contribution in [3.8, 4) is 0 Å². The first-order valence-electron chi connectivity index (χ1n) is 5.92. The van der Waals surface area contributed by atoms with Crippen molar-refractivity contribution in [2.75, 3.05) is 6.54 Å². The molecule has 0 saturated heterocycles. The topological polar surface area (TPSA) is 29.9 Å². The number of nitrogens with zero attached hydrogens (tertiary/aromatic N) is 2. The monoisotopic (exact) mass is 249 g/mol. The third-order valence-corrected chi connectivity index (χ3v) is 4.00. The lowest BCUT2D eigenvalue weighted by atomic mass is 10.2. The molecule has 1 N–H and O–H groups in total. The first-order valence-corrected chi connectivity index (χ1v) is 6.80. The predicted molar refractivity (Wildman–Crippen MR) is 72.5 cm³/mol. The first-order chi connectivity index (χ1) is 8.18. The van der Waals surface area contributed by atoms with Gasteiger partial charge in [-0.1, -0.05) is 6.07 Å². The number of rotatable bonds is 5. The Labute approximate surface area is 106 Å². The van der Waals surface area contributed by atoms with Gasteiger partial charge in [-0.3, -0.25) is 4.68 Å². The van der Waals surface area contributed by atoms with Crippen LogP contribution in [0.3, 0.4) is 0 Å². The molecule has 0 fully saturated rings. The number of thiophene rings is 1. The third-order valence-electron chi connectivity index (χ3n) is 3.12. The SMILES string of the molecule is Cc1nn(CCNCc2cccs2)c(C)c1C. The van der Waals surface area contributed by atoms with Crippen molar-refractivity contribution < 1.29 is 0 Å². The lowest BCUT2D eigenvalue weighted by molar-refractivity contribution is 0.544. The van der Waals surface area contributed by atoms with Crippen molar-refractivity contribution in [3.63, 3.8) is 0 Å². The number of nitrogens with one attached hydrogen (secondary N) is 1. The molecule has 0 amide bonds. The van der Waals surface area contributed by atoms with Crippen LogP contribution < -0.4 is 5.32 Å². The van der Waals surface area contributed by atoms with Crippen molar-refractivity contribution in [2.45, 2.75) is 33.9 Å². The molecule has 0 saturated carbocycles. The van der Waals surface area contributed by atoms with E-state index in [1.165, 1.54) is 16.1 Å². The van der Waals surface area contributed by atoms with Crippen LogP contribution in [0.15, 0.2) is 17.5 Å². The van der Waals surface area contributed by atoms with Gasteiger partial charge in [-0.2, -0.15) is 5.10 Å². The maximum atomic E-state index is 4.52. The normalized spacial score (nSPS) is 11.0. The Balaban J connectivity index is 1.80. The zero-order chi connectivity index (χ0) is 12.3. The fourth-order valence-electron chi connectivity index (χ4n) is 1.81. The highest BCUT2D eigenvalue weighted by atomic mass is 32.1. The summed E-state index contributed by atoms with van der Waals surface area (Å²) < 4.78 is 2.09. The Morgan fingerprint density at radius 2 is 2.18 bits per heavy atom. The number of hydrogen-bond donors (Lipinski definition) is 1. The van der Waals surface area contributed by atoms with E-state index in [0.29, 0.717) is 0 Å². The minimum Gasteiger partial charge on any atom is -0.310 e. The van der Waals surface area contributed by atoms with Crippen LogP contribution in [0.1, 0.15) is 21.8 Å². The zero-order valence-corrected chi connectivity index (χ0v) is 11.5. The Kier molecular flexibility index (Phi) is 3.97. The molecule has 0 aromatic carbocycles. The predicted octanol–water partition coefficient (Wildman–Crippen LogP) is 2.66. The highest BCUT2D eigenvalue weighted by molar-refractivity contribution is 7.09. The van der Waals surface area contributed by atoms with Crippen molar-refractivity contribution in [1.29, 1.82) is 0 Å². The van der Waals surface area contributed by atoms with Crippen LogP contribution in [-0.4, -0.2) is 16.3 Å². The molecule has 0 unspecified atom stereocenters. The van der Waals surface area contributed by atoms with Crippen LogP contribution in [0.2, 0.25) is 0 Å². The molecule has 2 rings (SSSR count). The second-order valence-electron chi connectivity index (χ2n) is 4.28. The molecule has 2 heterocycles. The van der Waals surface area contributed by atoms with Crippen LogP contribution in [0.5, 0.6) is 0 Å². The van der Waals surface area contributed by atoms with E-state index in [0.717, 1.165) is 25.3 Å². The maximum Gasteiger partial charge on any atom is 0.0625 e. The van der Waals surface area contributed by atoms with Gasteiger partial charge in [0.25, 0.3) is 0 Å². The molecule has 0 radical (unpaired) electrons. The van der Waals surface area contributed by atoms with Crippen LogP contribution in [0, 0.1) is 20.8 Å². The summed E-state index contributed by atoms with van der Waals surface area (Å²) in [6.07, 6.45) is 0. The van der Waals surface area contributed by atoms with E-state index in [1.807, 2.05) is 0 Å². The van der Waals surface area contributed by atoms with Gasteiger partial charge in [0.2, 0.25) is 0 Å². The van der Waals surface area contributed by atoms with E-state index < -0.39 is 0 Å². The summed E-state index contributed by atoms with van der Waals surface area (Å²) >= 11 is 1.79. The number of aromatic nitrogens is 2. The Bertz CT molecular complexity index is 471. The zero-order valence-electron chi connectivity index (χ0n) is 10.7. The Hall–Kier alpha value is -1.13. The summed E-state index contributed by atoms with van der Waals surface area (Å²) in [5.41, 5.74) is 3.73. The molecule has 92 valence electrons. The molecule has 3 nitrogen and oxygen atoms in total. The average Bonchev–Trinajstić information content (AvgIpc) is 2.90. The number of hydrogen-bond acceptors (Lipinski definition) is 3. The van der Waals surface area contributed by atoms with E-state index in [1.54, 1.807) is 11.3 Å². The van der Waals surface area contributed by atoms with Crippen LogP contribution >= 0.6 is 11.3 Å². The van der Waals surface area contributed by atoms with Crippen LogP contribution in [0.4, 0.5) is 0 Å². The third kappa shape index (κ3) is 2.96. The average molecular weight is 249 g/mol. The van der Waals surface area contributed by atoms with E-state index >= 15 is 0 Å². The second-order valence-corrected chi connectivity index (χ2v) is 5.31. The van der Waals surface area contributed by atoms with Crippen LogP contribution in [0.25, 0.3) is 0 Å². The van der Waals surface area contributed by atoms with Crippen molar-refractivity contribution in [2.24, 2.45) is 0 Å². The van der Waals surface area contributed by atoms with Gasteiger partial charge in [0, 0.05) is 23.7 Å². The standard InChI is InChI=1S/C13H19N3S/c1-10-11(2)15-16(12(10)3)7-6-14-9-13-5-4-8-17-13/h4-5,8,14H,6-7,9H2,1-3H3. The Morgan fingerprint density at radius 1 is 1.35 bits per heavy atom. The van der Waals surface area contributed by atoms with E-state index in [9.17, 15) is 0 Å². The molecular weight excluding hydrogens is 230 g/mol. The maximum absolute atomic E-state index is 4.52. The van der Waals surface area contributed by atoms with Crippen molar-refractivity contribution >= 4 is 11.3 Å². The fraction of sp³-hybridized carbons (Fsp3) is 0.462. The first kappa shape index (κ1) is 12.3. The van der Waals surface area contributed by atoms with Gasteiger partial charge < -0.3 is 5.32 Å². The minimum absolute atomic E-state index is 0.936. The summed E-state index contributed by atoms with van der Waals surface area (Å²) in [7, 11) is 0. The molecule has 0 aliphatic carbocycles. The Morgan fingerprint density at radius 3 is 2.76 bits per heavy atom. The lowest BCUT2D eigenvalue weighted by Crippen LogP contribution is -2.20. The van der Waals surface area contributed by atoms with E-state index in [4.69, 9.17) is 0 Å². The molecule has 0 atom stereocenters. The molecule has 2 aromatic rings. The largest absolute Gasteiger partial charge is 0.310 e. The molecule has 0 spiro atoms. The summed E-state index contributed by atoms with van der Waals surface area (Å²) in [6.45, 7) is 9.18. The van der Waals surface area contributed by atoms with Crippen molar-refractivity contribution in [3.05, 3.63) is 39.3 Å². The van der Waals surface area contributed by atoms with Crippen LogP contribution in [-0.2, 0) is 13.1 Å².